The van der Waals surface area contributed by atoms with Gasteiger partial charge in [0.2, 0.25) is 11.8 Å². The Balaban J connectivity index is 1.52. The standard InChI is InChI=1S/C19H21N3O2/c1-13(14-8-10-20-11-9-14)21-18(23)7-6-16-12-15-4-2-3-5-17(15)22-19(16)24/h2-5,8-11,13,16H,6-7,12H2,1H3,(H,21,23)(H,22,24). The van der Waals surface area contributed by atoms with E-state index in [1.165, 1.54) is 0 Å². The van der Waals surface area contributed by atoms with E-state index < -0.39 is 0 Å². The Morgan fingerprint density at radius 2 is 2.04 bits per heavy atom. The van der Waals surface area contributed by atoms with Crippen LogP contribution in [0.5, 0.6) is 0 Å². The molecule has 0 saturated carbocycles. The SMILES string of the molecule is CC(NC(=O)CCC1Cc2ccccc2NC1=O)c1ccncc1. The van der Waals surface area contributed by atoms with Crippen molar-refractivity contribution < 1.29 is 9.59 Å². The van der Waals surface area contributed by atoms with Crippen LogP contribution < -0.4 is 10.6 Å². The van der Waals surface area contributed by atoms with Gasteiger partial charge in [0, 0.05) is 30.4 Å². The number of rotatable bonds is 5. The second-order valence-corrected chi connectivity index (χ2v) is 6.16. The topological polar surface area (TPSA) is 71.1 Å². The number of carbonyl (C=O) groups excluding carboxylic acids is 2. The highest BCUT2D eigenvalue weighted by molar-refractivity contribution is 5.96. The number of carbonyl (C=O) groups is 2. The summed E-state index contributed by atoms with van der Waals surface area (Å²) < 4.78 is 0. The lowest BCUT2D eigenvalue weighted by atomic mass is 9.89. The molecule has 2 N–H and O–H groups in total. The van der Waals surface area contributed by atoms with Crippen LogP contribution >= 0.6 is 0 Å². The average molecular weight is 323 g/mol. The van der Waals surface area contributed by atoms with Gasteiger partial charge in [0.05, 0.1) is 6.04 Å². The number of para-hydroxylation sites is 1. The lowest BCUT2D eigenvalue weighted by molar-refractivity contribution is -0.123. The Labute approximate surface area is 141 Å². The molecule has 0 radical (unpaired) electrons. The van der Waals surface area contributed by atoms with Gasteiger partial charge in [-0.15, -0.1) is 0 Å². The first kappa shape index (κ1) is 16.2. The van der Waals surface area contributed by atoms with E-state index in [-0.39, 0.29) is 23.8 Å². The third-order valence-electron chi connectivity index (χ3n) is 4.42. The fourth-order valence-corrected chi connectivity index (χ4v) is 3.00. The Bertz CT molecular complexity index is 730. The number of aromatic nitrogens is 1. The molecule has 0 spiro atoms. The highest BCUT2D eigenvalue weighted by Crippen LogP contribution is 2.27. The van der Waals surface area contributed by atoms with Crippen molar-refractivity contribution in [2.24, 2.45) is 5.92 Å². The van der Waals surface area contributed by atoms with E-state index in [0.29, 0.717) is 19.3 Å². The number of pyridine rings is 1. The smallest absolute Gasteiger partial charge is 0.227 e. The molecule has 3 rings (SSSR count). The molecular formula is C19H21N3O2. The third-order valence-corrected chi connectivity index (χ3v) is 4.42. The van der Waals surface area contributed by atoms with E-state index in [1.54, 1.807) is 12.4 Å². The lowest BCUT2D eigenvalue weighted by Crippen LogP contribution is -2.32. The molecule has 1 aromatic carbocycles. The minimum atomic E-state index is -0.151. The predicted octanol–water partition coefficient (Wildman–Crippen LogP) is 2.85. The summed E-state index contributed by atoms with van der Waals surface area (Å²) in [6.45, 7) is 1.94. The van der Waals surface area contributed by atoms with E-state index >= 15 is 0 Å². The van der Waals surface area contributed by atoms with Crippen molar-refractivity contribution in [3.8, 4) is 0 Å². The lowest BCUT2D eigenvalue weighted by Gasteiger charge is -2.24. The van der Waals surface area contributed by atoms with Crippen LogP contribution in [0, 0.1) is 5.92 Å². The van der Waals surface area contributed by atoms with Gasteiger partial charge >= 0.3 is 0 Å². The molecule has 124 valence electrons. The summed E-state index contributed by atoms with van der Waals surface area (Å²) in [4.78, 5) is 28.3. The Morgan fingerprint density at radius 1 is 1.29 bits per heavy atom. The molecule has 1 aliphatic rings. The van der Waals surface area contributed by atoms with Gasteiger partial charge in [0.25, 0.3) is 0 Å². The minimum Gasteiger partial charge on any atom is -0.350 e. The first-order chi connectivity index (χ1) is 11.6. The van der Waals surface area contributed by atoms with Crippen LogP contribution in [-0.4, -0.2) is 16.8 Å². The monoisotopic (exact) mass is 323 g/mol. The fraction of sp³-hybridized carbons (Fsp3) is 0.316. The molecule has 0 saturated heterocycles. The zero-order valence-corrected chi connectivity index (χ0v) is 13.7. The molecule has 2 heterocycles. The number of benzene rings is 1. The number of anilines is 1. The Kier molecular flexibility index (Phi) is 4.89. The van der Waals surface area contributed by atoms with Gasteiger partial charge in [-0.2, -0.15) is 0 Å². The van der Waals surface area contributed by atoms with E-state index in [2.05, 4.69) is 15.6 Å². The van der Waals surface area contributed by atoms with Crippen molar-refractivity contribution in [2.45, 2.75) is 32.2 Å². The second-order valence-electron chi connectivity index (χ2n) is 6.16. The number of hydrogen-bond acceptors (Lipinski definition) is 3. The highest BCUT2D eigenvalue weighted by atomic mass is 16.2. The van der Waals surface area contributed by atoms with Crippen LogP contribution in [0.25, 0.3) is 0 Å². The number of fused-ring (bicyclic) bond motifs is 1. The molecule has 2 aromatic rings. The minimum absolute atomic E-state index is 0.00341. The van der Waals surface area contributed by atoms with Crippen LogP contribution in [0.3, 0.4) is 0 Å². The maximum atomic E-state index is 12.2. The van der Waals surface area contributed by atoms with E-state index in [4.69, 9.17) is 0 Å². The summed E-state index contributed by atoms with van der Waals surface area (Å²) in [6.07, 6.45) is 5.00. The van der Waals surface area contributed by atoms with Crippen molar-refractivity contribution >= 4 is 17.5 Å². The first-order valence-corrected chi connectivity index (χ1v) is 8.21. The number of hydrogen-bond donors (Lipinski definition) is 2. The molecular weight excluding hydrogens is 302 g/mol. The summed E-state index contributed by atoms with van der Waals surface area (Å²) in [5, 5.41) is 5.89. The molecule has 0 bridgehead atoms. The molecule has 2 unspecified atom stereocenters. The van der Waals surface area contributed by atoms with Gasteiger partial charge in [-0.05, 0) is 49.1 Å². The van der Waals surface area contributed by atoms with Crippen LogP contribution in [-0.2, 0) is 16.0 Å². The van der Waals surface area contributed by atoms with E-state index in [9.17, 15) is 9.59 Å². The largest absolute Gasteiger partial charge is 0.350 e. The van der Waals surface area contributed by atoms with Crippen LogP contribution in [0.4, 0.5) is 5.69 Å². The highest BCUT2D eigenvalue weighted by Gasteiger charge is 2.26. The maximum Gasteiger partial charge on any atom is 0.227 e. The molecule has 2 atom stereocenters. The van der Waals surface area contributed by atoms with Gasteiger partial charge in [0.15, 0.2) is 0 Å². The molecule has 5 nitrogen and oxygen atoms in total. The third kappa shape index (κ3) is 3.79. The quantitative estimate of drug-likeness (QED) is 0.889. The molecule has 2 amide bonds. The summed E-state index contributed by atoms with van der Waals surface area (Å²) >= 11 is 0. The molecule has 5 heteroatoms. The van der Waals surface area contributed by atoms with Gasteiger partial charge in [-0.25, -0.2) is 0 Å². The van der Waals surface area contributed by atoms with Crippen molar-refractivity contribution in [3.63, 3.8) is 0 Å². The average Bonchev–Trinajstić information content (AvgIpc) is 2.60. The number of nitrogens with one attached hydrogen (secondary N) is 2. The molecule has 1 aliphatic heterocycles. The van der Waals surface area contributed by atoms with Crippen LogP contribution in [0.15, 0.2) is 48.8 Å². The molecule has 0 aliphatic carbocycles. The van der Waals surface area contributed by atoms with E-state index in [1.807, 2.05) is 43.3 Å². The first-order valence-electron chi connectivity index (χ1n) is 8.21. The van der Waals surface area contributed by atoms with Crippen molar-refractivity contribution in [1.29, 1.82) is 0 Å². The zero-order valence-electron chi connectivity index (χ0n) is 13.7. The van der Waals surface area contributed by atoms with Crippen LogP contribution in [0.1, 0.15) is 36.9 Å². The predicted molar refractivity (Wildman–Crippen MR) is 92.3 cm³/mol. The molecule has 1 aromatic heterocycles. The second kappa shape index (κ2) is 7.25. The summed E-state index contributed by atoms with van der Waals surface area (Å²) in [5.74, 6) is -0.184. The fourth-order valence-electron chi connectivity index (χ4n) is 3.00. The summed E-state index contributed by atoms with van der Waals surface area (Å²) in [7, 11) is 0. The molecule has 0 fully saturated rings. The van der Waals surface area contributed by atoms with Crippen LogP contribution in [0.2, 0.25) is 0 Å². The number of nitrogens with zero attached hydrogens (tertiary/aromatic N) is 1. The molecule has 24 heavy (non-hydrogen) atoms. The normalized spacial score (nSPS) is 17.5. The van der Waals surface area contributed by atoms with Crippen molar-refractivity contribution in [1.82, 2.24) is 10.3 Å². The van der Waals surface area contributed by atoms with Gasteiger partial charge in [0.1, 0.15) is 0 Å². The van der Waals surface area contributed by atoms with Crippen molar-refractivity contribution in [2.75, 3.05) is 5.32 Å². The summed E-state index contributed by atoms with van der Waals surface area (Å²) in [6, 6.07) is 11.5. The van der Waals surface area contributed by atoms with Gasteiger partial charge in [-0.3, -0.25) is 14.6 Å². The van der Waals surface area contributed by atoms with Crippen molar-refractivity contribution in [3.05, 3.63) is 59.9 Å². The van der Waals surface area contributed by atoms with Gasteiger partial charge < -0.3 is 10.6 Å². The Hall–Kier alpha value is -2.69. The Morgan fingerprint density at radius 3 is 2.83 bits per heavy atom. The summed E-state index contributed by atoms with van der Waals surface area (Å²) in [5.41, 5.74) is 3.03. The van der Waals surface area contributed by atoms with E-state index in [0.717, 1.165) is 16.8 Å². The number of amides is 2. The zero-order chi connectivity index (χ0) is 16.9. The maximum absolute atomic E-state index is 12.2. The van der Waals surface area contributed by atoms with Gasteiger partial charge in [-0.1, -0.05) is 18.2 Å².